The molecule has 0 bridgehead atoms. The highest BCUT2D eigenvalue weighted by Crippen LogP contribution is 2.30. The number of carbonyl (C=O) groups is 1. The Balaban J connectivity index is 2.28. The lowest BCUT2D eigenvalue weighted by Gasteiger charge is -2.14. The van der Waals surface area contributed by atoms with Crippen molar-refractivity contribution in [3.05, 3.63) is 52.5 Å². The van der Waals surface area contributed by atoms with Gasteiger partial charge in [-0.1, -0.05) is 12.1 Å². The van der Waals surface area contributed by atoms with Crippen LogP contribution in [-0.2, 0) is 0 Å². The Hall–Kier alpha value is -2.01. The predicted molar refractivity (Wildman–Crippen MR) is 90.9 cm³/mol. The van der Waals surface area contributed by atoms with Gasteiger partial charge in [-0.25, -0.2) is 0 Å². The van der Waals surface area contributed by atoms with Crippen LogP contribution in [0.4, 0.5) is 5.69 Å². The smallest absolute Gasteiger partial charge is 0.256 e. The Labute approximate surface area is 138 Å². The first-order valence-corrected chi connectivity index (χ1v) is 7.90. The Bertz CT molecular complexity index is 658. The quantitative estimate of drug-likeness (QED) is 0.821. The summed E-state index contributed by atoms with van der Waals surface area (Å²) in [5.41, 5.74) is 1.15. The Morgan fingerprint density at radius 3 is 2.50 bits per heavy atom. The summed E-state index contributed by atoms with van der Waals surface area (Å²) in [7, 11) is 0. The number of hydrogen-bond donors (Lipinski definition) is 1. The van der Waals surface area contributed by atoms with Crippen LogP contribution >= 0.6 is 15.9 Å². The lowest BCUT2D eigenvalue weighted by Crippen LogP contribution is -2.13. The number of hydrogen-bond acceptors (Lipinski definition) is 3. The molecule has 0 unspecified atom stereocenters. The third kappa shape index (κ3) is 4.01. The van der Waals surface area contributed by atoms with E-state index in [4.69, 9.17) is 9.47 Å². The first-order valence-electron chi connectivity index (χ1n) is 7.11. The van der Waals surface area contributed by atoms with E-state index in [1.54, 1.807) is 18.2 Å². The third-order valence-corrected chi connectivity index (χ3v) is 3.62. The molecule has 0 spiro atoms. The molecule has 0 radical (unpaired) electrons. The SMILES string of the molecule is CCOc1ccc(OCC)c(NC(=O)c2ccccc2Br)c1. The fourth-order valence-corrected chi connectivity index (χ4v) is 2.44. The first-order chi connectivity index (χ1) is 10.7. The number of rotatable bonds is 6. The van der Waals surface area contributed by atoms with E-state index in [9.17, 15) is 4.79 Å². The van der Waals surface area contributed by atoms with Crippen molar-refractivity contribution < 1.29 is 14.3 Å². The molecular weight excluding hydrogens is 346 g/mol. The number of amides is 1. The van der Waals surface area contributed by atoms with Crippen molar-refractivity contribution in [1.82, 2.24) is 0 Å². The molecule has 0 aromatic heterocycles. The van der Waals surface area contributed by atoms with Gasteiger partial charge in [0, 0.05) is 10.5 Å². The van der Waals surface area contributed by atoms with Gasteiger partial charge in [0.1, 0.15) is 11.5 Å². The molecule has 2 rings (SSSR count). The molecule has 0 heterocycles. The van der Waals surface area contributed by atoms with Crippen molar-refractivity contribution in [2.24, 2.45) is 0 Å². The summed E-state index contributed by atoms with van der Waals surface area (Å²) >= 11 is 3.38. The summed E-state index contributed by atoms with van der Waals surface area (Å²) in [6, 6.07) is 12.7. The fourth-order valence-electron chi connectivity index (χ4n) is 1.98. The lowest BCUT2D eigenvalue weighted by atomic mass is 10.2. The molecule has 22 heavy (non-hydrogen) atoms. The number of ether oxygens (including phenoxy) is 2. The molecule has 1 amide bonds. The molecule has 5 heteroatoms. The second kappa shape index (κ2) is 7.84. The first kappa shape index (κ1) is 16.4. The molecule has 0 atom stereocenters. The van der Waals surface area contributed by atoms with E-state index < -0.39 is 0 Å². The number of nitrogens with one attached hydrogen (secondary N) is 1. The fraction of sp³-hybridized carbons (Fsp3) is 0.235. The van der Waals surface area contributed by atoms with Crippen LogP contribution in [0.15, 0.2) is 46.9 Å². The van der Waals surface area contributed by atoms with Crippen molar-refractivity contribution in [2.45, 2.75) is 13.8 Å². The van der Waals surface area contributed by atoms with Crippen LogP contribution in [0.25, 0.3) is 0 Å². The van der Waals surface area contributed by atoms with Gasteiger partial charge < -0.3 is 14.8 Å². The van der Waals surface area contributed by atoms with Gasteiger partial charge >= 0.3 is 0 Å². The molecule has 2 aromatic carbocycles. The zero-order valence-electron chi connectivity index (χ0n) is 12.6. The number of carbonyl (C=O) groups excluding carboxylic acids is 1. The Kier molecular flexibility index (Phi) is 5.83. The second-order valence-corrected chi connectivity index (χ2v) is 5.31. The van der Waals surface area contributed by atoms with Crippen LogP contribution in [0.2, 0.25) is 0 Å². The summed E-state index contributed by atoms with van der Waals surface area (Å²) in [5, 5.41) is 2.88. The van der Waals surface area contributed by atoms with Crippen LogP contribution in [0.1, 0.15) is 24.2 Å². The van der Waals surface area contributed by atoms with Gasteiger partial charge in [-0.3, -0.25) is 4.79 Å². The number of anilines is 1. The van der Waals surface area contributed by atoms with Crippen molar-refractivity contribution in [2.75, 3.05) is 18.5 Å². The van der Waals surface area contributed by atoms with Gasteiger partial charge in [-0.15, -0.1) is 0 Å². The minimum absolute atomic E-state index is 0.206. The maximum absolute atomic E-state index is 12.4. The monoisotopic (exact) mass is 363 g/mol. The largest absolute Gasteiger partial charge is 0.494 e. The van der Waals surface area contributed by atoms with E-state index in [1.807, 2.05) is 38.1 Å². The minimum Gasteiger partial charge on any atom is -0.494 e. The van der Waals surface area contributed by atoms with Gasteiger partial charge in [0.05, 0.1) is 24.5 Å². The lowest BCUT2D eigenvalue weighted by molar-refractivity contribution is 0.102. The molecule has 0 aliphatic rings. The third-order valence-electron chi connectivity index (χ3n) is 2.93. The summed E-state index contributed by atoms with van der Waals surface area (Å²) in [5.74, 6) is 1.10. The molecule has 0 saturated carbocycles. The highest BCUT2D eigenvalue weighted by atomic mass is 79.9. The van der Waals surface area contributed by atoms with Crippen molar-refractivity contribution >= 4 is 27.5 Å². The van der Waals surface area contributed by atoms with Gasteiger partial charge in [-0.2, -0.15) is 0 Å². The topological polar surface area (TPSA) is 47.6 Å². The van der Waals surface area contributed by atoms with Crippen LogP contribution in [-0.4, -0.2) is 19.1 Å². The highest BCUT2D eigenvalue weighted by Gasteiger charge is 2.13. The maximum Gasteiger partial charge on any atom is 0.256 e. The Morgan fingerprint density at radius 1 is 1.09 bits per heavy atom. The normalized spacial score (nSPS) is 10.1. The van der Waals surface area contributed by atoms with E-state index in [-0.39, 0.29) is 5.91 Å². The van der Waals surface area contributed by atoms with Crippen LogP contribution in [0.5, 0.6) is 11.5 Å². The van der Waals surface area contributed by atoms with Crippen molar-refractivity contribution in [1.29, 1.82) is 0 Å². The average molecular weight is 364 g/mol. The van der Waals surface area contributed by atoms with Crippen molar-refractivity contribution in [3.63, 3.8) is 0 Å². The Morgan fingerprint density at radius 2 is 1.82 bits per heavy atom. The summed E-state index contributed by atoms with van der Waals surface area (Å²) in [6.45, 7) is 4.89. The molecular formula is C17H18BrNO3. The summed E-state index contributed by atoms with van der Waals surface area (Å²) in [6.07, 6.45) is 0. The van der Waals surface area contributed by atoms with E-state index >= 15 is 0 Å². The van der Waals surface area contributed by atoms with Crippen LogP contribution in [0, 0.1) is 0 Å². The second-order valence-electron chi connectivity index (χ2n) is 4.46. The van der Waals surface area contributed by atoms with E-state index in [0.717, 1.165) is 4.47 Å². The standard InChI is InChI=1S/C17H18BrNO3/c1-3-21-12-9-10-16(22-4-2)15(11-12)19-17(20)13-7-5-6-8-14(13)18/h5-11H,3-4H2,1-2H3,(H,19,20). The van der Waals surface area contributed by atoms with Gasteiger partial charge in [0.25, 0.3) is 5.91 Å². The van der Waals surface area contributed by atoms with Gasteiger partial charge in [0.15, 0.2) is 0 Å². The van der Waals surface area contributed by atoms with Gasteiger partial charge in [0.2, 0.25) is 0 Å². The van der Waals surface area contributed by atoms with Crippen molar-refractivity contribution in [3.8, 4) is 11.5 Å². The molecule has 116 valence electrons. The molecule has 4 nitrogen and oxygen atoms in total. The maximum atomic E-state index is 12.4. The number of halogens is 1. The molecule has 0 aliphatic carbocycles. The average Bonchev–Trinajstić information content (AvgIpc) is 2.50. The minimum atomic E-state index is -0.206. The molecule has 2 aromatic rings. The van der Waals surface area contributed by atoms with Crippen LogP contribution < -0.4 is 14.8 Å². The highest BCUT2D eigenvalue weighted by molar-refractivity contribution is 9.10. The molecule has 0 aliphatic heterocycles. The molecule has 1 N–H and O–H groups in total. The zero-order valence-corrected chi connectivity index (χ0v) is 14.1. The predicted octanol–water partition coefficient (Wildman–Crippen LogP) is 4.50. The molecule has 0 fully saturated rings. The van der Waals surface area contributed by atoms with Gasteiger partial charge in [-0.05, 0) is 54.0 Å². The molecule has 0 saturated heterocycles. The summed E-state index contributed by atoms with van der Waals surface area (Å²) < 4.78 is 11.8. The van der Waals surface area contributed by atoms with E-state index in [2.05, 4.69) is 21.2 Å². The van der Waals surface area contributed by atoms with Crippen LogP contribution in [0.3, 0.4) is 0 Å². The van der Waals surface area contributed by atoms with E-state index in [1.165, 1.54) is 0 Å². The zero-order chi connectivity index (χ0) is 15.9. The summed E-state index contributed by atoms with van der Waals surface area (Å²) in [4.78, 5) is 12.4. The number of benzene rings is 2. The van der Waals surface area contributed by atoms with E-state index in [0.29, 0.717) is 36.0 Å².